The summed E-state index contributed by atoms with van der Waals surface area (Å²) in [6.45, 7) is 4.77. The molecule has 0 aromatic carbocycles. The van der Waals surface area contributed by atoms with Gasteiger partial charge in [-0.3, -0.25) is 0 Å². The molecule has 1 aromatic rings. The lowest BCUT2D eigenvalue weighted by atomic mass is 10.1. The van der Waals surface area contributed by atoms with E-state index in [1.165, 1.54) is 0 Å². The van der Waals surface area contributed by atoms with Crippen LogP contribution in [0.2, 0.25) is 0 Å². The van der Waals surface area contributed by atoms with Gasteiger partial charge in [-0.1, -0.05) is 5.16 Å². The molecular weight excluding hydrogens is 224 g/mol. The Morgan fingerprint density at radius 1 is 1.44 bits per heavy atom. The molecule has 1 rings (SSSR count). The molecule has 0 spiro atoms. The van der Waals surface area contributed by atoms with Crippen LogP contribution in [-0.4, -0.2) is 41.4 Å². The molecule has 2 N–H and O–H groups in total. The van der Waals surface area contributed by atoms with Crippen molar-refractivity contribution in [1.82, 2.24) is 15.0 Å². The number of thioether (sulfide) groups is 1. The van der Waals surface area contributed by atoms with Gasteiger partial charge in [0.25, 0.3) is 0 Å². The van der Waals surface area contributed by atoms with Gasteiger partial charge < -0.3 is 15.2 Å². The first-order valence-corrected chi connectivity index (χ1v) is 6.39. The minimum Gasteiger partial charge on any atom is -0.338 e. The molecule has 16 heavy (non-hydrogen) atoms. The lowest BCUT2D eigenvalue weighted by molar-refractivity contribution is 0.369. The first-order valence-electron chi connectivity index (χ1n) is 5.24. The zero-order chi connectivity index (χ0) is 12.2. The van der Waals surface area contributed by atoms with Crippen LogP contribution in [0.3, 0.4) is 0 Å². The largest absolute Gasteiger partial charge is 0.338 e. The molecule has 0 saturated heterocycles. The summed E-state index contributed by atoms with van der Waals surface area (Å²) in [5.74, 6) is 3.01. The van der Waals surface area contributed by atoms with Crippen molar-refractivity contribution >= 4 is 11.8 Å². The first kappa shape index (κ1) is 13.5. The van der Waals surface area contributed by atoms with Crippen molar-refractivity contribution in [2.24, 2.45) is 5.73 Å². The molecule has 0 bridgehead atoms. The van der Waals surface area contributed by atoms with Gasteiger partial charge in [0.1, 0.15) is 0 Å². The standard InChI is InChI=1S/C10H20N4OS/c1-10(2,11)9-12-8(15-13-9)7-16-6-5-14(3)4/h5-7,11H2,1-4H3. The van der Waals surface area contributed by atoms with Crippen LogP contribution < -0.4 is 5.73 Å². The van der Waals surface area contributed by atoms with E-state index in [0.29, 0.717) is 11.7 Å². The van der Waals surface area contributed by atoms with E-state index >= 15 is 0 Å². The number of nitrogens with zero attached hydrogens (tertiary/aromatic N) is 3. The van der Waals surface area contributed by atoms with Crippen LogP contribution in [-0.2, 0) is 11.3 Å². The smallest absolute Gasteiger partial charge is 0.236 e. The zero-order valence-corrected chi connectivity index (χ0v) is 11.2. The first-order chi connectivity index (χ1) is 7.39. The Kier molecular flexibility index (Phi) is 4.76. The fourth-order valence-corrected chi connectivity index (χ4v) is 1.91. The molecule has 0 atom stereocenters. The van der Waals surface area contributed by atoms with Gasteiger partial charge in [0.15, 0.2) is 5.82 Å². The van der Waals surface area contributed by atoms with Gasteiger partial charge in [-0.2, -0.15) is 16.7 Å². The van der Waals surface area contributed by atoms with E-state index in [1.54, 1.807) is 11.8 Å². The predicted molar refractivity (Wildman–Crippen MR) is 66.2 cm³/mol. The van der Waals surface area contributed by atoms with Gasteiger partial charge in [0, 0.05) is 12.3 Å². The number of rotatable bonds is 6. The van der Waals surface area contributed by atoms with Crippen LogP contribution in [0, 0.1) is 0 Å². The maximum Gasteiger partial charge on any atom is 0.236 e. The van der Waals surface area contributed by atoms with Crippen LogP contribution >= 0.6 is 11.8 Å². The van der Waals surface area contributed by atoms with Crippen LogP contribution in [0.25, 0.3) is 0 Å². The summed E-state index contributed by atoms with van der Waals surface area (Å²) in [5.41, 5.74) is 5.33. The van der Waals surface area contributed by atoms with E-state index in [9.17, 15) is 0 Å². The quantitative estimate of drug-likeness (QED) is 0.755. The molecule has 0 radical (unpaired) electrons. The molecule has 1 heterocycles. The Morgan fingerprint density at radius 3 is 2.62 bits per heavy atom. The SMILES string of the molecule is CN(C)CCSCc1nc(C(C)(C)N)no1. The summed E-state index contributed by atoms with van der Waals surface area (Å²) >= 11 is 1.78. The Labute approximate surface area is 101 Å². The molecule has 1 aromatic heterocycles. The van der Waals surface area contributed by atoms with E-state index in [4.69, 9.17) is 10.3 Å². The minimum absolute atomic E-state index is 0.532. The highest BCUT2D eigenvalue weighted by molar-refractivity contribution is 7.98. The molecule has 6 heteroatoms. The number of aromatic nitrogens is 2. The van der Waals surface area contributed by atoms with Crippen molar-refractivity contribution in [1.29, 1.82) is 0 Å². The third-order valence-corrected chi connectivity index (χ3v) is 2.88. The van der Waals surface area contributed by atoms with Crippen molar-refractivity contribution in [2.75, 3.05) is 26.4 Å². The summed E-state index contributed by atoms with van der Waals surface area (Å²) in [6.07, 6.45) is 0. The molecule has 0 aliphatic heterocycles. The molecule has 0 unspecified atom stereocenters. The highest BCUT2D eigenvalue weighted by atomic mass is 32.2. The second-order valence-electron chi connectivity index (χ2n) is 4.59. The second-order valence-corrected chi connectivity index (χ2v) is 5.69. The van der Waals surface area contributed by atoms with Crippen LogP contribution in [0.5, 0.6) is 0 Å². The number of hydrogen-bond donors (Lipinski definition) is 1. The summed E-state index contributed by atoms with van der Waals surface area (Å²) in [4.78, 5) is 6.41. The molecule has 0 aliphatic rings. The lowest BCUT2D eigenvalue weighted by Gasteiger charge is -2.11. The van der Waals surface area contributed by atoms with Gasteiger partial charge in [0.05, 0.1) is 11.3 Å². The highest BCUT2D eigenvalue weighted by Crippen LogP contribution is 2.15. The fourth-order valence-electron chi connectivity index (χ4n) is 0.982. The molecule has 0 aliphatic carbocycles. The minimum atomic E-state index is -0.532. The second kappa shape index (κ2) is 5.65. The Morgan fingerprint density at radius 2 is 2.12 bits per heavy atom. The number of nitrogens with two attached hydrogens (primary N) is 1. The van der Waals surface area contributed by atoms with Crippen molar-refractivity contribution in [2.45, 2.75) is 25.1 Å². The molecular formula is C10H20N4OS. The summed E-state index contributed by atoms with van der Waals surface area (Å²) in [5, 5.41) is 3.87. The van der Waals surface area contributed by atoms with E-state index < -0.39 is 5.54 Å². The van der Waals surface area contributed by atoms with Gasteiger partial charge in [-0.15, -0.1) is 0 Å². The van der Waals surface area contributed by atoms with E-state index in [-0.39, 0.29) is 0 Å². The van der Waals surface area contributed by atoms with E-state index in [2.05, 4.69) is 29.1 Å². The van der Waals surface area contributed by atoms with E-state index in [1.807, 2.05) is 13.8 Å². The average molecular weight is 244 g/mol. The molecule has 5 nitrogen and oxygen atoms in total. The van der Waals surface area contributed by atoms with Crippen molar-refractivity contribution < 1.29 is 4.52 Å². The van der Waals surface area contributed by atoms with Crippen LogP contribution in [0.4, 0.5) is 0 Å². The normalized spacial score (nSPS) is 12.4. The third kappa shape index (κ3) is 4.51. The summed E-state index contributed by atoms with van der Waals surface area (Å²) in [6, 6.07) is 0. The molecule has 0 saturated carbocycles. The van der Waals surface area contributed by atoms with E-state index in [0.717, 1.165) is 18.1 Å². The third-order valence-electron chi connectivity index (χ3n) is 1.95. The Balaban J connectivity index is 2.36. The fraction of sp³-hybridized carbons (Fsp3) is 0.800. The summed E-state index contributed by atoms with van der Waals surface area (Å²) in [7, 11) is 4.12. The van der Waals surface area contributed by atoms with Crippen molar-refractivity contribution in [3.8, 4) is 0 Å². The lowest BCUT2D eigenvalue weighted by Crippen LogP contribution is -2.30. The Bertz CT molecular complexity index is 319. The highest BCUT2D eigenvalue weighted by Gasteiger charge is 2.21. The van der Waals surface area contributed by atoms with Crippen LogP contribution in [0.15, 0.2) is 4.52 Å². The topological polar surface area (TPSA) is 68.2 Å². The molecule has 92 valence electrons. The predicted octanol–water partition coefficient (Wildman–Crippen LogP) is 1.06. The van der Waals surface area contributed by atoms with Gasteiger partial charge in [-0.25, -0.2) is 0 Å². The van der Waals surface area contributed by atoms with Gasteiger partial charge in [0.2, 0.25) is 5.89 Å². The zero-order valence-electron chi connectivity index (χ0n) is 10.4. The average Bonchev–Trinajstić information content (AvgIpc) is 2.59. The van der Waals surface area contributed by atoms with Crippen molar-refractivity contribution in [3.05, 3.63) is 11.7 Å². The van der Waals surface area contributed by atoms with Crippen LogP contribution in [0.1, 0.15) is 25.6 Å². The maximum atomic E-state index is 5.87. The van der Waals surface area contributed by atoms with Gasteiger partial charge in [-0.05, 0) is 27.9 Å². The number of hydrogen-bond acceptors (Lipinski definition) is 6. The summed E-state index contributed by atoms with van der Waals surface area (Å²) < 4.78 is 5.12. The molecule has 0 fully saturated rings. The Hall–Kier alpha value is -0.590. The monoisotopic (exact) mass is 244 g/mol. The molecule has 0 amide bonds. The maximum absolute atomic E-state index is 5.87. The van der Waals surface area contributed by atoms with Crippen molar-refractivity contribution in [3.63, 3.8) is 0 Å². The van der Waals surface area contributed by atoms with Gasteiger partial charge >= 0.3 is 0 Å².